The zero-order valence-corrected chi connectivity index (χ0v) is 17.8. The van der Waals surface area contributed by atoms with Crippen molar-refractivity contribution < 1.29 is 14.3 Å². The first-order valence-corrected chi connectivity index (χ1v) is 10.4. The van der Waals surface area contributed by atoms with Crippen molar-refractivity contribution in [2.24, 2.45) is 0 Å². The molecule has 0 radical (unpaired) electrons. The number of fused-ring (bicyclic) bond motifs is 1. The standard InChI is InChI=1S/C25H18N2O3S/c1-16(28)30-23-11-10-17(13-24(23)29-2)12-19(14-26)25-27-22(15-31-25)21-9-5-7-18-6-3-4-8-20(18)21/h3-13,15H,1-2H3. The van der Waals surface area contributed by atoms with Crippen molar-refractivity contribution in [2.75, 3.05) is 7.11 Å². The molecular weight excluding hydrogens is 408 g/mol. The minimum absolute atomic E-state index is 0.332. The van der Waals surface area contributed by atoms with E-state index in [0.717, 1.165) is 27.6 Å². The third-order valence-electron chi connectivity index (χ3n) is 4.67. The molecule has 3 aromatic carbocycles. The van der Waals surface area contributed by atoms with E-state index in [1.165, 1.54) is 25.4 Å². The van der Waals surface area contributed by atoms with Gasteiger partial charge in [0.2, 0.25) is 0 Å². The van der Waals surface area contributed by atoms with Crippen molar-refractivity contribution >= 4 is 39.7 Å². The van der Waals surface area contributed by atoms with Gasteiger partial charge in [0.25, 0.3) is 0 Å². The predicted molar refractivity (Wildman–Crippen MR) is 123 cm³/mol. The average Bonchev–Trinajstić information content (AvgIpc) is 3.27. The van der Waals surface area contributed by atoms with Gasteiger partial charge in [0.05, 0.1) is 18.4 Å². The molecule has 4 aromatic rings. The van der Waals surface area contributed by atoms with E-state index in [0.29, 0.717) is 22.1 Å². The Hall–Kier alpha value is -3.95. The van der Waals surface area contributed by atoms with Gasteiger partial charge in [-0.2, -0.15) is 5.26 Å². The number of carbonyl (C=O) groups is 1. The summed E-state index contributed by atoms with van der Waals surface area (Å²) in [7, 11) is 1.50. The molecule has 1 aromatic heterocycles. The van der Waals surface area contributed by atoms with E-state index in [2.05, 4.69) is 24.3 Å². The first-order chi connectivity index (χ1) is 15.1. The summed E-state index contributed by atoms with van der Waals surface area (Å²) in [6, 6.07) is 21.6. The number of rotatable bonds is 5. The number of methoxy groups -OCH3 is 1. The molecule has 31 heavy (non-hydrogen) atoms. The van der Waals surface area contributed by atoms with Crippen molar-refractivity contribution in [3.05, 3.63) is 76.6 Å². The SMILES string of the molecule is COc1cc(C=C(C#N)c2nc(-c3cccc4ccccc34)cs2)ccc1OC(C)=O. The maximum atomic E-state index is 11.2. The summed E-state index contributed by atoms with van der Waals surface area (Å²) in [5.74, 6) is 0.318. The Bertz CT molecular complexity index is 1340. The first-order valence-electron chi connectivity index (χ1n) is 9.51. The van der Waals surface area contributed by atoms with Crippen LogP contribution in [0.2, 0.25) is 0 Å². The molecule has 0 aliphatic carbocycles. The van der Waals surface area contributed by atoms with Crippen LogP contribution in [-0.4, -0.2) is 18.1 Å². The van der Waals surface area contributed by atoms with E-state index < -0.39 is 5.97 Å². The topological polar surface area (TPSA) is 72.2 Å². The highest BCUT2D eigenvalue weighted by Gasteiger charge is 2.13. The molecule has 5 nitrogen and oxygen atoms in total. The lowest BCUT2D eigenvalue weighted by atomic mass is 10.0. The van der Waals surface area contributed by atoms with Gasteiger partial charge >= 0.3 is 5.97 Å². The number of hydrogen-bond donors (Lipinski definition) is 0. The Balaban J connectivity index is 1.70. The van der Waals surface area contributed by atoms with Gasteiger partial charge in [0.1, 0.15) is 11.1 Å². The number of carbonyl (C=O) groups excluding carboxylic acids is 1. The summed E-state index contributed by atoms with van der Waals surface area (Å²) in [6.45, 7) is 1.33. The lowest BCUT2D eigenvalue weighted by Gasteiger charge is -2.08. The Morgan fingerprint density at radius 2 is 1.90 bits per heavy atom. The fourth-order valence-electron chi connectivity index (χ4n) is 3.29. The molecule has 6 heteroatoms. The number of nitrogens with zero attached hydrogens (tertiary/aromatic N) is 2. The minimum Gasteiger partial charge on any atom is -0.493 e. The quantitative estimate of drug-likeness (QED) is 0.224. The Morgan fingerprint density at radius 3 is 2.68 bits per heavy atom. The molecule has 0 saturated carbocycles. The van der Waals surface area contributed by atoms with E-state index in [9.17, 15) is 10.1 Å². The van der Waals surface area contributed by atoms with Gasteiger partial charge in [-0.1, -0.05) is 48.5 Å². The van der Waals surface area contributed by atoms with E-state index >= 15 is 0 Å². The molecule has 0 atom stereocenters. The Kier molecular flexibility index (Phi) is 5.78. The van der Waals surface area contributed by atoms with Crippen molar-refractivity contribution in [3.8, 4) is 28.8 Å². The number of allylic oxidation sites excluding steroid dienone is 1. The second-order valence-corrected chi connectivity index (χ2v) is 7.60. The summed E-state index contributed by atoms with van der Waals surface area (Å²) in [6.07, 6.45) is 1.74. The molecular formula is C25H18N2O3S. The number of nitriles is 1. The summed E-state index contributed by atoms with van der Waals surface area (Å²) < 4.78 is 10.4. The van der Waals surface area contributed by atoms with Gasteiger partial charge < -0.3 is 9.47 Å². The summed E-state index contributed by atoms with van der Waals surface area (Å²) >= 11 is 1.42. The third-order valence-corrected chi connectivity index (χ3v) is 5.55. The molecule has 152 valence electrons. The Labute approximate surface area is 183 Å². The first kappa shape index (κ1) is 20.3. The number of aromatic nitrogens is 1. The summed E-state index contributed by atoms with van der Waals surface area (Å²) in [4.78, 5) is 16.0. The normalized spacial score (nSPS) is 11.2. The fourth-order valence-corrected chi connectivity index (χ4v) is 4.08. The molecule has 0 fully saturated rings. The van der Waals surface area contributed by atoms with Crippen molar-refractivity contribution in [3.63, 3.8) is 0 Å². The average molecular weight is 426 g/mol. The maximum Gasteiger partial charge on any atom is 0.308 e. The number of thiazole rings is 1. The van der Waals surface area contributed by atoms with Crippen molar-refractivity contribution in [2.45, 2.75) is 6.92 Å². The van der Waals surface area contributed by atoms with E-state index in [4.69, 9.17) is 14.5 Å². The molecule has 0 bridgehead atoms. The smallest absolute Gasteiger partial charge is 0.308 e. The zero-order valence-electron chi connectivity index (χ0n) is 17.0. The number of hydrogen-bond acceptors (Lipinski definition) is 6. The number of esters is 1. The van der Waals surface area contributed by atoms with Crippen LogP contribution in [0.25, 0.3) is 33.7 Å². The van der Waals surface area contributed by atoms with Gasteiger partial charge in [-0.25, -0.2) is 4.98 Å². The van der Waals surface area contributed by atoms with E-state index in [1.54, 1.807) is 24.3 Å². The maximum absolute atomic E-state index is 11.2. The van der Waals surface area contributed by atoms with Crippen LogP contribution in [-0.2, 0) is 4.79 Å². The summed E-state index contributed by atoms with van der Waals surface area (Å²) in [5.41, 5.74) is 3.05. The van der Waals surface area contributed by atoms with Crippen LogP contribution in [0.15, 0.2) is 66.0 Å². The van der Waals surface area contributed by atoms with Gasteiger partial charge in [-0.15, -0.1) is 11.3 Å². The van der Waals surface area contributed by atoms with Gasteiger partial charge in [0, 0.05) is 17.9 Å². The zero-order chi connectivity index (χ0) is 21.8. The highest BCUT2D eigenvalue weighted by Crippen LogP contribution is 2.33. The fraction of sp³-hybridized carbons (Fsp3) is 0.0800. The number of benzene rings is 3. The van der Waals surface area contributed by atoms with Crippen LogP contribution in [0.3, 0.4) is 0 Å². The molecule has 0 spiro atoms. The molecule has 0 saturated heterocycles. The van der Waals surface area contributed by atoms with E-state index in [1.807, 2.05) is 29.6 Å². The molecule has 1 heterocycles. The highest BCUT2D eigenvalue weighted by molar-refractivity contribution is 7.11. The molecule has 0 N–H and O–H groups in total. The van der Waals surface area contributed by atoms with Crippen molar-refractivity contribution in [1.29, 1.82) is 5.26 Å². The van der Waals surface area contributed by atoms with Crippen LogP contribution in [0.5, 0.6) is 11.5 Å². The van der Waals surface area contributed by atoms with Crippen molar-refractivity contribution in [1.82, 2.24) is 4.98 Å². The largest absolute Gasteiger partial charge is 0.493 e. The Morgan fingerprint density at radius 1 is 1.10 bits per heavy atom. The monoisotopic (exact) mass is 426 g/mol. The van der Waals surface area contributed by atoms with Gasteiger partial charge in [0.15, 0.2) is 11.5 Å². The molecule has 0 aliphatic rings. The highest BCUT2D eigenvalue weighted by atomic mass is 32.1. The van der Waals surface area contributed by atoms with Crippen LogP contribution in [0.4, 0.5) is 0 Å². The van der Waals surface area contributed by atoms with Crippen LogP contribution < -0.4 is 9.47 Å². The predicted octanol–water partition coefficient (Wildman–Crippen LogP) is 5.96. The second-order valence-electron chi connectivity index (χ2n) is 6.74. The van der Waals surface area contributed by atoms with Gasteiger partial charge in [-0.05, 0) is 34.5 Å². The van der Waals surface area contributed by atoms with Gasteiger partial charge in [-0.3, -0.25) is 4.79 Å². The molecule has 0 unspecified atom stereocenters. The lowest BCUT2D eigenvalue weighted by Crippen LogP contribution is -2.03. The summed E-state index contributed by atoms with van der Waals surface area (Å²) in [5, 5.41) is 14.6. The number of ether oxygens (including phenoxy) is 2. The molecule has 0 amide bonds. The molecule has 0 aliphatic heterocycles. The van der Waals surface area contributed by atoms with Crippen LogP contribution in [0, 0.1) is 11.3 Å². The minimum atomic E-state index is -0.428. The van der Waals surface area contributed by atoms with Crippen LogP contribution in [0.1, 0.15) is 17.5 Å². The van der Waals surface area contributed by atoms with E-state index in [-0.39, 0.29) is 0 Å². The second kappa shape index (κ2) is 8.82. The third kappa shape index (κ3) is 4.32. The molecule has 4 rings (SSSR count). The van der Waals surface area contributed by atoms with Crippen LogP contribution >= 0.6 is 11.3 Å². The lowest BCUT2D eigenvalue weighted by molar-refractivity contribution is -0.132.